The lowest BCUT2D eigenvalue weighted by Crippen LogP contribution is -2.33. The number of anilines is 1. The van der Waals surface area contributed by atoms with Crippen molar-refractivity contribution in [1.29, 1.82) is 0 Å². The number of nitrogens with zero attached hydrogens (tertiary/aromatic N) is 1. The molecule has 1 saturated heterocycles. The molecule has 7 heteroatoms. The zero-order valence-corrected chi connectivity index (χ0v) is 12.1. The van der Waals surface area contributed by atoms with Crippen LogP contribution in [0.5, 0.6) is 0 Å². The summed E-state index contributed by atoms with van der Waals surface area (Å²) in [6.07, 6.45) is -3.85. The number of halogens is 3. The molecule has 0 aromatic heterocycles. The summed E-state index contributed by atoms with van der Waals surface area (Å²) < 4.78 is 39.1. The van der Waals surface area contributed by atoms with Crippen molar-refractivity contribution in [1.82, 2.24) is 5.32 Å². The SMILES string of the molecule is CCCNC(=O)C1CC(=O)N(c2ccccc2C(F)(F)F)C1. The minimum absolute atomic E-state index is 0.0263. The number of para-hydroxylation sites is 1. The van der Waals surface area contributed by atoms with Crippen molar-refractivity contribution in [3.63, 3.8) is 0 Å². The Morgan fingerprint density at radius 3 is 2.68 bits per heavy atom. The molecule has 1 aromatic rings. The van der Waals surface area contributed by atoms with E-state index in [4.69, 9.17) is 0 Å². The standard InChI is InChI=1S/C15H17F3N2O2/c1-2-7-19-14(22)10-8-13(21)20(9-10)12-6-4-3-5-11(12)15(16,17)18/h3-6,10H,2,7-9H2,1H3,(H,19,22). The lowest BCUT2D eigenvalue weighted by molar-refractivity contribution is -0.137. The summed E-state index contributed by atoms with van der Waals surface area (Å²) in [5.74, 6) is -1.36. The third-order valence-corrected chi connectivity index (χ3v) is 3.55. The first-order chi connectivity index (χ1) is 10.3. The maximum atomic E-state index is 13.0. The van der Waals surface area contributed by atoms with Crippen LogP contribution < -0.4 is 10.2 Å². The molecule has 2 amide bonds. The third kappa shape index (κ3) is 3.40. The first-order valence-electron chi connectivity index (χ1n) is 7.09. The molecule has 1 aliphatic rings. The molecule has 1 aliphatic heterocycles. The Morgan fingerprint density at radius 2 is 2.05 bits per heavy atom. The van der Waals surface area contributed by atoms with Crippen LogP contribution in [0, 0.1) is 5.92 Å². The van der Waals surface area contributed by atoms with E-state index in [1.54, 1.807) is 0 Å². The maximum Gasteiger partial charge on any atom is 0.418 e. The van der Waals surface area contributed by atoms with E-state index in [0.29, 0.717) is 6.54 Å². The predicted octanol–water partition coefficient (Wildman–Crippen LogP) is 2.58. The van der Waals surface area contributed by atoms with Crippen LogP contribution in [-0.4, -0.2) is 24.9 Å². The number of carbonyl (C=O) groups excluding carboxylic acids is 2. The van der Waals surface area contributed by atoms with Gasteiger partial charge in [-0.15, -0.1) is 0 Å². The number of rotatable bonds is 4. The minimum atomic E-state index is -4.54. The molecule has 0 radical (unpaired) electrons. The van der Waals surface area contributed by atoms with Crippen LogP contribution in [0.2, 0.25) is 0 Å². The Balaban J connectivity index is 2.21. The van der Waals surface area contributed by atoms with Crippen molar-refractivity contribution in [2.75, 3.05) is 18.0 Å². The highest BCUT2D eigenvalue weighted by atomic mass is 19.4. The summed E-state index contributed by atoms with van der Waals surface area (Å²) in [5, 5.41) is 2.67. The number of hydrogen-bond acceptors (Lipinski definition) is 2. The summed E-state index contributed by atoms with van der Waals surface area (Å²) in [6.45, 7) is 2.36. The molecule has 1 N–H and O–H groups in total. The first kappa shape index (κ1) is 16.3. The molecule has 1 heterocycles. The lowest BCUT2D eigenvalue weighted by atomic mass is 10.1. The van der Waals surface area contributed by atoms with E-state index in [-0.39, 0.29) is 24.6 Å². The van der Waals surface area contributed by atoms with Crippen LogP contribution in [0.3, 0.4) is 0 Å². The second-order valence-corrected chi connectivity index (χ2v) is 5.21. The normalized spacial score (nSPS) is 18.6. The van der Waals surface area contributed by atoms with Crippen molar-refractivity contribution in [3.8, 4) is 0 Å². The summed E-state index contributed by atoms with van der Waals surface area (Å²) in [6, 6.07) is 4.92. The zero-order valence-electron chi connectivity index (χ0n) is 12.1. The molecule has 1 aromatic carbocycles. The average Bonchev–Trinajstić information content (AvgIpc) is 2.86. The van der Waals surface area contributed by atoms with Gasteiger partial charge in [0.2, 0.25) is 11.8 Å². The third-order valence-electron chi connectivity index (χ3n) is 3.55. The van der Waals surface area contributed by atoms with E-state index >= 15 is 0 Å². The zero-order chi connectivity index (χ0) is 16.3. The largest absolute Gasteiger partial charge is 0.418 e. The molecule has 0 saturated carbocycles. The van der Waals surface area contributed by atoms with Gasteiger partial charge in [0.1, 0.15) is 0 Å². The number of benzene rings is 1. The number of carbonyl (C=O) groups is 2. The van der Waals surface area contributed by atoms with Crippen LogP contribution in [0.4, 0.5) is 18.9 Å². The van der Waals surface area contributed by atoms with Crippen LogP contribution in [-0.2, 0) is 15.8 Å². The minimum Gasteiger partial charge on any atom is -0.356 e. The van der Waals surface area contributed by atoms with Crippen molar-refractivity contribution in [3.05, 3.63) is 29.8 Å². The molecule has 22 heavy (non-hydrogen) atoms. The first-order valence-corrected chi connectivity index (χ1v) is 7.09. The van der Waals surface area contributed by atoms with Crippen molar-refractivity contribution in [2.45, 2.75) is 25.9 Å². The Morgan fingerprint density at radius 1 is 1.36 bits per heavy atom. The second-order valence-electron chi connectivity index (χ2n) is 5.21. The van der Waals surface area contributed by atoms with E-state index in [1.807, 2.05) is 6.92 Å². The molecule has 4 nitrogen and oxygen atoms in total. The molecular weight excluding hydrogens is 297 g/mol. The van der Waals surface area contributed by atoms with E-state index in [1.165, 1.54) is 18.2 Å². The number of hydrogen-bond donors (Lipinski definition) is 1. The predicted molar refractivity (Wildman–Crippen MR) is 75.2 cm³/mol. The fraction of sp³-hybridized carbons (Fsp3) is 0.467. The molecule has 120 valence electrons. The highest BCUT2D eigenvalue weighted by Crippen LogP contribution is 2.38. The van der Waals surface area contributed by atoms with Crippen molar-refractivity contribution in [2.24, 2.45) is 5.92 Å². The summed E-state index contributed by atoms with van der Waals surface area (Å²) in [7, 11) is 0. The highest BCUT2D eigenvalue weighted by molar-refractivity contribution is 6.00. The number of amides is 2. The van der Waals surface area contributed by atoms with Gasteiger partial charge < -0.3 is 10.2 Å². The molecule has 2 rings (SSSR count). The van der Waals surface area contributed by atoms with E-state index in [0.717, 1.165) is 17.4 Å². The summed E-state index contributed by atoms with van der Waals surface area (Å²) in [5.41, 5.74) is -1.05. The van der Waals surface area contributed by atoms with E-state index < -0.39 is 23.6 Å². The fourth-order valence-corrected chi connectivity index (χ4v) is 2.46. The number of alkyl halides is 3. The monoisotopic (exact) mass is 314 g/mol. The number of nitrogens with one attached hydrogen (secondary N) is 1. The van der Waals surface area contributed by atoms with Gasteiger partial charge >= 0.3 is 6.18 Å². The average molecular weight is 314 g/mol. The van der Waals surface area contributed by atoms with E-state index in [2.05, 4.69) is 5.32 Å². The maximum absolute atomic E-state index is 13.0. The second kappa shape index (κ2) is 6.37. The molecule has 1 unspecified atom stereocenters. The van der Waals surface area contributed by atoms with Gasteiger partial charge in [0.05, 0.1) is 17.2 Å². The summed E-state index contributed by atoms with van der Waals surface area (Å²) >= 11 is 0. The van der Waals surface area contributed by atoms with Crippen LogP contribution in [0.15, 0.2) is 24.3 Å². The lowest BCUT2D eigenvalue weighted by Gasteiger charge is -2.21. The Labute approximate surface area is 126 Å². The Bertz CT molecular complexity index is 572. The van der Waals surface area contributed by atoms with Crippen molar-refractivity contribution >= 4 is 17.5 Å². The van der Waals surface area contributed by atoms with Gasteiger partial charge in [0.25, 0.3) is 0 Å². The van der Waals surface area contributed by atoms with Crippen LogP contribution >= 0.6 is 0 Å². The van der Waals surface area contributed by atoms with Gasteiger partial charge in [-0.05, 0) is 18.6 Å². The smallest absolute Gasteiger partial charge is 0.356 e. The Hall–Kier alpha value is -2.05. The highest BCUT2D eigenvalue weighted by Gasteiger charge is 2.40. The molecule has 0 spiro atoms. The van der Waals surface area contributed by atoms with Crippen LogP contribution in [0.25, 0.3) is 0 Å². The van der Waals surface area contributed by atoms with E-state index in [9.17, 15) is 22.8 Å². The summed E-state index contributed by atoms with van der Waals surface area (Å²) in [4.78, 5) is 25.0. The van der Waals surface area contributed by atoms with Gasteiger partial charge in [-0.1, -0.05) is 19.1 Å². The fourth-order valence-electron chi connectivity index (χ4n) is 2.46. The van der Waals surface area contributed by atoms with Crippen molar-refractivity contribution < 1.29 is 22.8 Å². The molecular formula is C15H17F3N2O2. The van der Waals surface area contributed by atoms with Crippen LogP contribution in [0.1, 0.15) is 25.3 Å². The molecule has 0 bridgehead atoms. The van der Waals surface area contributed by atoms with Gasteiger partial charge in [0.15, 0.2) is 0 Å². The van der Waals surface area contributed by atoms with Gasteiger partial charge in [-0.2, -0.15) is 13.2 Å². The molecule has 1 atom stereocenters. The Kier molecular flexibility index (Phi) is 4.73. The molecule has 0 aliphatic carbocycles. The quantitative estimate of drug-likeness (QED) is 0.928. The molecule has 1 fully saturated rings. The topological polar surface area (TPSA) is 49.4 Å². The van der Waals surface area contributed by atoms with Gasteiger partial charge in [-0.3, -0.25) is 9.59 Å². The van der Waals surface area contributed by atoms with Gasteiger partial charge in [-0.25, -0.2) is 0 Å². The van der Waals surface area contributed by atoms with Gasteiger partial charge in [0, 0.05) is 19.5 Å².